The smallest absolute Gasteiger partial charge is 0.317 e. The first-order valence-electron chi connectivity index (χ1n) is 10.9. The number of nitrogens with zero attached hydrogens (tertiary/aromatic N) is 2. The highest BCUT2D eigenvalue weighted by Gasteiger charge is 2.61. The number of carboxylic acid groups (broad SMARTS) is 1. The Balaban J connectivity index is 1.46. The van der Waals surface area contributed by atoms with Crippen LogP contribution in [0.15, 0.2) is 60.7 Å². The minimum atomic E-state index is -0.756. The number of carbonyl (C=O) groups is 2. The number of rotatable bonds is 6. The van der Waals surface area contributed by atoms with E-state index in [2.05, 4.69) is 22.3 Å². The molecule has 1 heterocycles. The maximum Gasteiger partial charge on any atom is 0.317 e. The van der Waals surface area contributed by atoms with Crippen LogP contribution in [0.2, 0.25) is 0 Å². The predicted octanol–water partition coefficient (Wildman–Crippen LogP) is 3.29. The maximum absolute atomic E-state index is 12.5. The summed E-state index contributed by atoms with van der Waals surface area (Å²) in [6.07, 6.45) is 2.29. The molecule has 0 bridgehead atoms. The summed E-state index contributed by atoms with van der Waals surface area (Å²) in [6, 6.07) is 19.7. The van der Waals surface area contributed by atoms with Crippen molar-refractivity contribution < 1.29 is 14.7 Å². The van der Waals surface area contributed by atoms with Crippen LogP contribution in [-0.4, -0.2) is 60.6 Å². The molecule has 2 aromatic carbocycles. The quantitative estimate of drug-likeness (QED) is 0.751. The van der Waals surface area contributed by atoms with Gasteiger partial charge < -0.3 is 20.2 Å². The van der Waals surface area contributed by atoms with Gasteiger partial charge in [-0.2, -0.15) is 0 Å². The molecule has 0 aromatic heterocycles. The summed E-state index contributed by atoms with van der Waals surface area (Å²) in [5.41, 5.74) is 0.877. The van der Waals surface area contributed by atoms with Gasteiger partial charge in [0, 0.05) is 33.7 Å². The second-order valence-electron chi connectivity index (χ2n) is 9.12. The first-order chi connectivity index (χ1) is 14.9. The van der Waals surface area contributed by atoms with Crippen molar-refractivity contribution in [2.24, 2.45) is 5.92 Å². The zero-order valence-electron chi connectivity index (χ0n) is 18.3. The highest BCUT2D eigenvalue weighted by atomic mass is 16.4. The van der Waals surface area contributed by atoms with Gasteiger partial charge in [0.15, 0.2) is 0 Å². The number of amides is 2. The number of likely N-dealkylation sites (tertiary alicyclic amines) is 1. The predicted molar refractivity (Wildman–Crippen MR) is 120 cm³/mol. The highest BCUT2D eigenvalue weighted by Crippen LogP contribution is 2.55. The lowest BCUT2D eigenvalue weighted by Crippen LogP contribution is -2.55. The summed E-state index contributed by atoms with van der Waals surface area (Å²) in [6.45, 7) is 2.42. The van der Waals surface area contributed by atoms with Gasteiger partial charge in [0.25, 0.3) is 0 Å². The van der Waals surface area contributed by atoms with Crippen LogP contribution in [0.25, 0.3) is 0 Å². The van der Waals surface area contributed by atoms with Crippen LogP contribution in [0.4, 0.5) is 4.79 Å². The van der Waals surface area contributed by atoms with Crippen LogP contribution in [0.3, 0.4) is 0 Å². The van der Waals surface area contributed by atoms with Crippen molar-refractivity contribution in [2.75, 3.05) is 33.7 Å². The summed E-state index contributed by atoms with van der Waals surface area (Å²) in [7, 11) is 3.51. The third-order valence-electron chi connectivity index (χ3n) is 7.04. The van der Waals surface area contributed by atoms with Crippen molar-refractivity contribution in [3.8, 4) is 0 Å². The highest BCUT2D eigenvalue weighted by molar-refractivity contribution is 5.86. The average molecular weight is 422 g/mol. The van der Waals surface area contributed by atoms with Crippen LogP contribution >= 0.6 is 0 Å². The molecular weight excluding hydrogens is 390 g/mol. The number of benzene rings is 2. The maximum atomic E-state index is 12.5. The molecule has 4 rings (SSSR count). The van der Waals surface area contributed by atoms with E-state index >= 15 is 0 Å². The van der Waals surface area contributed by atoms with E-state index in [1.165, 1.54) is 0 Å². The van der Waals surface area contributed by atoms with Gasteiger partial charge in [0.2, 0.25) is 0 Å². The zero-order valence-corrected chi connectivity index (χ0v) is 18.3. The Morgan fingerprint density at radius 1 is 1.00 bits per heavy atom. The second-order valence-corrected chi connectivity index (χ2v) is 9.12. The molecule has 0 radical (unpaired) electrons. The second kappa shape index (κ2) is 8.35. The first-order valence-corrected chi connectivity index (χ1v) is 10.9. The Morgan fingerprint density at radius 3 is 2.06 bits per heavy atom. The number of carbonyl (C=O) groups excluding carboxylic acids is 1. The van der Waals surface area contributed by atoms with Gasteiger partial charge in [-0.1, -0.05) is 60.7 Å². The fourth-order valence-corrected chi connectivity index (χ4v) is 5.01. The van der Waals surface area contributed by atoms with Crippen molar-refractivity contribution in [1.29, 1.82) is 0 Å². The molecule has 2 amide bonds. The zero-order chi connectivity index (χ0) is 22.1. The van der Waals surface area contributed by atoms with Crippen LogP contribution < -0.4 is 5.32 Å². The third-order valence-corrected chi connectivity index (χ3v) is 7.04. The molecule has 31 heavy (non-hydrogen) atoms. The summed E-state index contributed by atoms with van der Waals surface area (Å²) >= 11 is 0. The lowest BCUT2D eigenvalue weighted by atomic mass is 9.80. The topological polar surface area (TPSA) is 72.9 Å². The lowest BCUT2D eigenvalue weighted by Gasteiger charge is -2.43. The molecule has 1 saturated carbocycles. The molecule has 2 atom stereocenters. The molecule has 2 aliphatic rings. The fourth-order valence-electron chi connectivity index (χ4n) is 5.01. The van der Waals surface area contributed by atoms with Crippen LogP contribution in [0, 0.1) is 5.92 Å². The van der Waals surface area contributed by atoms with E-state index in [0.29, 0.717) is 6.42 Å². The number of piperidine rings is 1. The molecule has 6 heteroatoms. The molecule has 0 unspecified atom stereocenters. The third kappa shape index (κ3) is 4.04. The van der Waals surface area contributed by atoms with E-state index in [1.54, 1.807) is 19.0 Å². The van der Waals surface area contributed by atoms with Gasteiger partial charge in [0.1, 0.15) is 0 Å². The first kappa shape index (κ1) is 21.4. The fraction of sp³-hybridized carbons (Fsp3) is 0.440. The summed E-state index contributed by atoms with van der Waals surface area (Å²) in [5.74, 6) is -0.606. The SMILES string of the molecule is CN(C)C(=O)NC1(c2ccccc2)CCN(C[C@@H]2C[C@@]2(C(=O)O)c2ccccc2)CC1. The summed E-state index contributed by atoms with van der Waals surface area (Å²) < 4.78 is 0. The van der Waals surface area contributed by atoms with Crippen molar-refractivity contribution in [3.63, 3.8) is 0 Å². The standard InChI is InChI=1S/C25H31N3O3/c1-27(2)23(31)26-24(19-9-5-3-6-10-19)13-15-28(16-14-24)18-21-17-25(21,22(29)30)20-11-7-4-8-12-20/h3-12,21H,13-18H2,1-2H3,(H,26,31)(H,29,30)/t21-,25+/m0/s1. The van der Waals surface area contributed by atoms with E-state index in [0.717, 1.165) is 43.6 Å². The van der Waals surface area contributed by atoms with Crippen molar-refractivity contribution >= 4 is 12.0 Å². The summed E-state index contributed by atoms with van der Waals surface area (Å²) in [4.78, 5) is 28.6. The van der Waals surface area contributed by atoms with Crippen molar-refractivity contribution in [3.05, 3.63) is 71.8 Å². The van der Waals surface area contributed by atoms with E-state index < -0.39 is 16.9 Å². The Morgan fingerprint density at radius 2 is 1.55 bits per heavy atom. The van der Waals surface area contributed by atoms with Gasteiger partial charge in [-0.15, -0.1) is 0 Å². The van der Waals surface area contributed by atoms with Crippen LogP contribution in [-0.2, 0) is 15.7 Å². The molecule has 2 fully saturated rings. The molecule has 1 aliphatic carbocycles. The lowest BCUT2D eigenvalue weighted by molar-refractivity contribution is -0.140. The Hall–Kier alpha value is -2.86. The van der Waals surface area contributed by atoms with E-state index in [4.69, 9.17) is 0 Å². The molecule has 2 N–H and O–H groups in total. The molecular formula is C25H31N3O3. The van der Waals surface area contributed by atoms with Crippen LogP contribution in [0.5, 0.6) is 0 Å². The molecule has 164 valence electrons. The van der Waals surface area contributed by atoms with Crippen molar-refractivity contribution in [2.45, 2.75) is 30.2 Å². The van der Waals surface area contributed by atoms with Crippen LogP contribution in [0.1, 0.15) is 30.4 Å². The monoisotopic (exact) mass is 421 g/mol. The number of hydrogen-bond acceptors (Lipinski definition) is 3. The minimum Gasteiger partial charge on any atom is -0.481 e. The number of nitrogens with one attached hydrogen (secondary N) is 1. The van der Waals surface area contributed by atoms with Gasteiger partial charge >= 0.3 is 12.0 Å². The van der Waals surface area contributed by atoms with Gasteiger partial charge in [-0.05, 0) is 36.3 Å². The minimum absolute atomic E-state index is 0.0894. The van der Waals surface area contributed by atoms with Gasteiger partial charge in [0.05, 0.1) is 11.0 Å². The molecule has 1 aliphatic heterocycles. The molecule has 6 nitrogen and oxygen atoms in total. The van der Waals surface area contributed by atoms with Gasteiger partial charge in [-0.3, -0.25) is 4.79 Å². The van der Waals surface area contributed by atoms with Crippen molar-refractivity contribution in [1.82, 2.24) is 15.1 Å². The Kier molecular flexibility index (Phi) is 5.75. The van der Waals surface area contributed by atoms with E-state index in [9.17, 15) is 14.7 Å². The largest absolute Gasteiger partial charge is 0.481 e. The molecule has 2 aromatic rings. The number of hydrogen-bond donors (Lipinski definition) is 2. The Bertz CT molecular complexity index is 924. The normalized spacial score (nSPS) is 24.9. The number of aliphatic carboxylic acids is 1. The van der Waals surface area contributed by atoms with Gasteiger partial charge in [-0.25, -0.2) is 4.79 Å². The molecule has 0 spiro atoms. The number of carboxylic acids is 1. The Labute approximate surface area is 183 Å². The molecule has 1 saturated heterocycles. The number of urea groups is 1. The summed E-state index contributed by atoms with van der Waals surface area (Å²) in [5, 5.41) is 13.2. The van der Waals surface area contributed by atoms with E-state index in [-0.39, 0.29) is 11.9 Å². The average Bonchev–Trinajstić information content (AvgIpc) is 3.51. The van der Waals surface area contributed by atoms with E-state index in [1.807, 2.05) is 48.5 Å².